The maximum atomic E-state index is 9.35. The van der Waals surface area contributed by atoms with E-state index in [0.29, 0.717) is 6.42 Å². The van der Waals surface area contributed by atoms with Gasteiger partial charge < -0.3 is 5.11 Å². The molecule has 3 heteroatoms. The Morgan fingerprint density at radius 1 is 1.29 bits per heavy atom. The SMILES string of the molecule is CCCCCC[C@](C)(C#N)C(O)C#N. The van der Waals surface area contributed by atoms with Crippen LogP contribution in [0.3, 0.4) is 0 Å². The van der Waals surface area contributed by atoms with Crippen molar-refractivity contribution in [3.8, 4) is 12.1 Å². The fourth-order valence-electron chi connectivity index (χ4n) is 1.32. The molecule has 1 unspecified atom stereocenters. The lowest BCUT2D eigenvalue weighted by atomic mass is 9.81. The molecule has 0 aromatic carbocycles. The molecule has 0 rings (SSSR count). The molecule has 0 heterocycles. The normalized spacial score (nSPS) is 16.4. The largest absolute Gasteiger partial charge is 0.376 e. The molecule has 0 aliphatic heterocycles. The van der Waals surface area contributed by atoms with Crippen LogP contribution >= 0.6 is 0 Å². The predicted octanol–water partition coefficient (Wildman–Crippen LogP) is 2.37. The lowest BCUT2D eigenvalue weighted by Gasteiger charge is -2.22. The topological polar surface area (TPSA) is 67.8 Å². The first-order valence-corrected chi connectivity index (χ1v) is 5.09. The van der Waals surface area contributed by atoms with Crippen molar-refractivity contribution in [2.45, 2.75) is 52.1 Å². The molecule has 0 bridgehead atoms. The first kappa shape index (κ1) is 12.9. The monoisotopic (exact) mass is 194 g/mol. The van der Waals surface area contributed by atoms with Crippen molar-refractivity contribution in [3.05, 3.63) is 0 Å². The number of rotatable bonds is 6. The number of nitriles is 2. The molecule has 0 spiro atoms. The molecule has 0 saturated heterocycles. The molecule has 0 amide bonds. The minimum Gasteiger partial charge on any atom is -0.376 e. The first-order valence-electron chi connectivity index (χ1n) is 5.09. The predicted molar refractivity (Wildman–Crippen MR) is 54.1 cm³/mol. The van der Waals surface area contributed by atoms with E-state index in [1.807, 2.05) is 6.07 Å². The summed E-state index contributed by atoms with van der Waals surface area (Å²) in [5.41, 5.74) is -0.900. The number of nitrogens with zero attached hydrogens (tertiary/aromatic N) is 2. The highest BCUT2D eigenvalue weighted by molar-refractivity contribution is 5.08. The summed E-state index contributed by atoms with van der Waals surface area (Å²) in [5, 5.41) is 26.8. The Kier molecular flexibility index (Phi) is 5.92. The minimum absolute atomic E-state index is 0.595. The van der Waals surface area contributed by atoms with Crippen LogP contribution in [-0.4, -0.2) is 11.2 Å². The fraction of sp³-hybridized carbons (Fsp3) is 0.818. The van der Waals surface area contributed by atoms with Gasteiger partial charge in [0.25, 0.3) is 0 Å². The number of aliphatic hydroxyl groups is 1. The Labute approximate surface area is 86.0 Å². The molecule has 2 atom stereocenters. The van der Waals surface area contributed by atoms with Gasteiger partial charge in [0.05, 0.1) is 17.6 Å². The Morgan fingerprint density at radius 2 is 1.93 bits per heavy atom. The van der Waals surface area contributed by atoms with E-state index in [9.17, 15) is 5.11 Å². The van der Waals surface area contributed by atoms with Crippen molar-refractivity contribution in [3.63, 3.8) is 0 Å². The number of hydrogen-bond acceptors (Lipinski definition) is 3. The van der Waals surface area contributed by atoms with Crippen LogP contribution in [0.1, 0.15) is 46.0 Å². The molecule has 0 aliphatic carbocycles. The van der Waals surface area contributed by atoms with E-state index in [0.717, 1.165) is 25.7 Å². The van der Waals surface area contributed by atoms with Crippen LogP contribution in [0.5, 0.6) is 0 Å². The first-order chi connectivity index (χ1) is 6.60. The van der Waals surface area contributed by atoms with Gasteiger partial charge in [0.15, 0.2) is 6.10 Å². The van der Waals surface area contributed by atoms with Crippen molar-refractivity contribution in [1.29, 1.82) is 10.5 Å². The smallest absolute Gasteiger partial charge is 0.158 e. The van der Waals surface area contributed by atoms with E-state index in [1.54, 1.807) is 13.0 Å². The second-order valence-electron chi connectivity index (χ2n) is 3.87. The average Bonchev–Trinajstić information content (AvgIpc) is 2.22. The Morgan fingerprint density at radius 3 is 2.36 bits per heavy atom. The Hall–Kier alpha value is -1.06. The van der Waals surface area contributed by atoms with Crippen LogP contribution in [-0.2, 0) is 0 Å². The van der Waals surface area contributed by atoms with E-state index in [-0.39, 0.29) is 0 Å². The van der Waals surface area contributed by atoms with Crippen molar-refractivity contribution in [2.24, 2.45) is 5.41 Å². The molecular formula is C11H18N2O. The van der Waals surface area contributed by atoms with Gasteiger partial charge in [-0.1, -0.05) is 32.6 Å². The molecule has 0 aromatic rings. The summed E-state index contributed by atoms with van der Waals surface area (Å²) in [6, 6.07) is 3.76. The van der Waals surface area contributed by atoms with Crippen molar-refractivity contribution >= 4 is 0 Å². The highest BCUT2D eigenvalue weighted by Crippen LogP contribution is 2.27. The summed E-state index contributed by atoms with van der Waals surface area (Å²) in [6.07, 6.45) is 3.67. The Bertz CT molecular complexity index is 239. The van der Waals surface area contributed by atoms with E-state index in [1.165, 1.54) is 0 Å². The maximum absolute atomic E-state index is 9.35. The quantitative estimate of drug-likeness (QED) is 0.521. The van der Waals surface area contributed by atoms with E-state index in [2.05, 4.69) is 6.92 Å². The van der Waals surface area contributed by atoms with Crippen LogP contribution in [0.2, 0.25) is 0 Å². The van der Waals surface area contributed by atoms with Crippen LogP contribution in [0.25, 0.3) is 0 Å². The molecule has 0 aliphatic rings. The van der Waals surface area contributed by atoms with Gasteiger partial charge in [0, 0.05) is 0 Å². The zero-order chi connectivity index (χ0) is 11.0. The van der Waals surface area contributed by atoms with Gasteiger partial charge in [-0.25, -0.2) is 0 Å². The van der Waals surface area contributed by atoms with E-state index >= 15 is 0 Å². The average molecular weight is 194 g/mol. The fourth-order valence-corrected chi connectivity index (χ4v) is 1.32. The van der Waals surface area contributed by atoms with Crippen LogP contribution < -0.4 is 0 Å². The molecule has 14 heavy (non-hydrogen) atoms. The van der Waals surface area contributed by atoms with Gasteiger partial charge in [-0.3, -0.25) is 0 Å². The standard InChI is InChI=1S/C11H18N2O/c1-3-4-5-6-7-11(2,9-13)10(14)8-12/h10,14H,3-7H2,1-2H3/t10?,11-/m1/s1. The van der Waals surface area contributed by atoms with E-state index < -0.39 is 11.5 Å². The van der Waals surface area contributed by atoms with Crippen LogP contribution in [0.4, 0.5) is 0 Å². The molecule has 0 saturated carbocycles. The molecule has 3 nitrogen and oxygen atoms in total. The molecular weight excluding hydrogens is 176 g/mol. The Balaban J connectivity index is 4.03. The number of aliphatic hydroxyl groups excluding tert-OH is 1. The summed E-state index contributed by atoms with van der Waals surface area (Å²) in [5.74, 6) is 0. The summed E-state index contributed by atoms with van der Waals surface area (Å²) >= 11 is 0. The minimum atomic E-state index is -1.17. The highest BCUT2D eigenvalue weighted by Gasteiger charge is 2.32. The zero-order valence-corrected chi connectivity index (χ0v) is 8.95. The van der Waals surface area contributed by atoms with Gasteiger partial charge in [-0.15, -0.1) is 0 Å². The van der Waals surface area contributed by atoms with Gasteiger partial charge in [0.2, 0.25) is 0 Å². The summed E-state index contributed by atoms with van der Waals surface area (Å²) < 4.78 is 0. The van der Waals surface area contributed by atoms with Crippen LogP contribution in [0, 0.1) is 28.1 Å². The molecule has 1 N–H and O–H groups in total. The molecule has 0 aromatic heterocycles. The maximum Gasteiger partial charge on any atom is 0.158 e. The van der Waals surface area contributed by atoms with Gasteiger partial charge in [-0.2, -0.15) is 10.5 Å². The number of hydrogen-bond donors (Lipinski definition) is 1. The summed E-state index contributed by atoms with van der Waals surface area (Å²) in [4.78, 5) is 0. The zero-order valence-electron chi connectivity index (χ0n) is 8.95. The third-order valence-corrected chi connectivity index (χ3v) is 2.53. The molecule has 0 fully saturated rings. The summed E-state index contributed by atoms with van der Waals surface area (Å²) in [6.45, 7) is 3.76. The molecule has 0 radical (unpaired) electrons. The van der Waals surface area contributed by atoms with E-state index in [4.69, 9.17) is 10.5 Å². The van der Waals surface area contributed by atoms with Crippen molar-refractivity contribution in [2.75, 3.05) is 0 Å². The third kappa shape index (κ3) is 3.77. The molecule has 78 valence electrons. The van der Waals surface area contributed by atoms with Gasteiger partial charge in [0.1, 0.15) is 0 Å². The lowest BCUT2D eigenvalue weighted by Crippen LogP contribution is -2.29. The summed E-state index contributed by atoms with van der Waals surface area (Å²) in [7, 11) is 0. The second kappa shape index (κ2) is 6.40. The van der Waals surface area contributed by atoms with Gasteiger partial charge in [-0.05, 0) is 13.3 Å². The second-order valence-corrected chi connectivity index (χ2v) is 3.87. The van der Waals surface area contributed by atoms with Crippen molar-refractivity contribution in [1.82, 2.24) is 0 Å². The van der Waals surface area contributed by atoms with Gasteiger partial charge >= 0.3 is 0 Å². The van der Waals surface area contributed by atoms with Crippen molar-refractivity contribution < 1.29 is 5.11 Å². The third-order valence-electron chi connectivity index (χ3n) is 2.53. The number of unbranched alkanes of at least 4 members (excludes halogenated alkanes) is 3. The highest BCUT2D eigenvalue weighted by atomic mass is 16.3. The van der Waals surface area contributed by atoms with Crippen LogP contribution in [0.15, 0.2) is 0 Å². The lowest BCUT2D eigenvalue weighted by molar-refractivity contribution is 0.115.